The van der Waals surface area contributed by atoms with Crippen LogP contribution in [0.2, 0.25) is 5.02 Å². The highest BCUT2D eigenvalue weighted by Crippen LogP contribution is 2.44. The number of amides is 1. The molecular formula is C19H21ClN4O2. The first-order valence-electron chi connectivity index (χ1n) is 8.77. The fourth-order valence-electron chi connectivity index (χ4n) is 4.28. The van der Waals surface area contributed by atoms with E-state index in [4.69, 9.17) is 22.1 Å². The second-order valence-corrected chi connectivity index (χ2v) is 7.49. The Morgan fingerprint density at radius 3 is 3.04 bits per heavy atom. The van der Waals surface area contributed by atoms with Gasteiger partial charge in [0.25, 0.3) is 5.91 Å². The first-order valence-corrected chi connectivity index (χ1v) is 9.15. The second kappa shape index (κ2) is 6.43. The molecule has 6 nitrogen and oxygen atoms in total. The van der Waals surface area contributed by atoms with E-state index < -0.39 is 0 Å². The lowest BCUT2D eigenvalue weighted by Gasteiger charge is -2.40. The van der Waals surface area contributed by atoms with Crippen LogP contribution in [0, 0.1) is 0 Å². The predicted octanol–water partition coefficient (Wildman–Crippen LogP) is 2.84. The number of anilines is 1. The van der Waals surface area contributed by atoms with Crippen LogP contribution in [0.25, 0.3) is 0 Å². The molecule has 136 valence electrons. The Kier molecular flexibility index (Phi) is 4.23. The third-order valence-electron chi connectivity index (χ3n) is 5.51. The van der Waals surface area contributed by atoms with Gasteiger partial charge in [-0.25, -0.2) is 9.97 Å². The highest BCUT2D eigenvalue weighted by molar-refractivity contribution is 6.31. The summed E-state index contributed by atoms with van der Waals surface area (Å²) in [6.07, 6.45) is 5.66. The van der Waals surface area contributed by atoms with Gasteiger partial charge in [-0.2, -0.15) is 0 Å². The van der Waals surface area contributed by atoms with Crippen LogP contribution in [0.15, 0.2) is 24.4 Å². The minimum atomic E-state index is -0.133. The number of methoxy groups -OCH3 is 1. The molecule has 1 fully saturated rings. The highest BCUT2D eigenvalue weighted by Gasteiger charge is 2.45. The van der Waals surface area contributed by atoms with Gasteiger partial charge >= 0.3 is 0 Å². The molecule has 0 radical (unpaired) electrons. The molecule has 2 aromatic rings. The van der Waals surface area contributed by atoms with E-state index in [0.29, 0.717) is 35.4 Å². The second-order valence-electron chi connectivity index (χ2n) is 7.06. The van der Waals surface area contributed by atoms with Gasteiger partial charge in [-0.05, 0) is 49.4 Å². The van der Waals surface area contributed by atoms with Crippen LogP contribution in [0.4, 0.5) is 5.95 Å². The standard InChI is InChI=1S/C19H21ClN4O2/c1-26-15-4-3-13(20)9-14(15)17(25)24-8-2-6-19(11-24)7-5-12-10-22-18(21)23-16(12)19/h3-4,9-10H,2,5-8,11H2,1H3,(H2,21,22,23). The van der Waals surface area contributed by atoms with Gasteiger partial charge in [0.2, 0.25) is 5.95 Å². The average Bonchev–Trinajstić information content (AvgIpc) is 2.98. The molecule has 1 aromatic carbocycles. The van der Waals surface area contributed by atoms with Crippen molar-refractivity contribution in [3.63, 3.8) is 0 Å². The largest absolute Gasteiger partial charge is 0.496 e. The van der Waals surface area contributed by atoms with Crippen LogP contribution in [0.3, 0.4) is 0 Å². The number of rotatable bonds is 2. The molecule has 1 unspecified atom stereocenters. The Labute approximate surface area is 157 Å². The summed E-state index contributed by atoms with van der Waals surface area (Å²) < 4.78 is 5.36. The van der Waals surface area contributed by atoms with E-state index in [1.807, 2.05) is 11.1 Å². The summed E-state index contributed by atoms with van der Waals surface area (Å²) in [5, 5.41) is 0.521. The maximum Gasteiger partial charge on any atom is 0.257 e. The van der Waals surface area contributed by atoms with Gasteiger partial charge in [0.15, 0.2) is 0 Å². The molecule has 26 heavy (non-hydrogen) atoms. The lowest BCUT2D eigenvalue weighted by atomic mass is 9.77. The molecular weight excluding hydrogens is 352 g/mol. The number of carbonyl (C=O) groups is 1. The number of aromatic nitrogens is 2. The summed E-state index contributed by atoms with van der Waals surface area (Å²) in [7, 11) is 1.56. The minimum Gasteiger partial charge on any atom is -0.496 e. The number of hydrogen-bond donors (Lipinski definition) is 1. The summed E-state index contributed by atoms with van der Waals surface area (Å²) in [5.74, 6) is 0.779. The van der Waals surface area contributed by atoms with Gasteiger partial charge < -0.3 is 15.4 Å². The molecule has 0 bridgehead atoms. The first-order chi connectivity index (χ1) is 12.5. The van der Waals surface area contributed by atoms with Gasteiger partial charge in [0, 0.05) is 29.7 Å². The van der Waals surface area contributed by atoms with Gasteiger partial charge in [-0.1, -0.05) is 11.6 Å². The first kappa shape index (κ1) is 17.1. The number of likely N-dealkylation sites (tertiary alicyclic amines) is 1. The lowest BCUT2D eigenvalue weighted by Crippen LogP contribution is -2.48. The maximum absolute atomic E-state index is 13.2. The SMILES string of the molecule is COc1ccc(Cl)cc1C(=O)N1CCCC2(CCc3cnc(N)nc32)C1. The zero-order valence-electron chi connectivity index (χ0n) is 14.7. The molecule has 1 aliphatic heterocycles. The molecule has 2 N–H and O–H groups in total. The number of carbonyl (C=O) groups excluding carboxylic acids is 1. The number of benzene rings is 1. The molecule has 1 saturated heterocycles. The topological polar surface area (TPSA) is 81.3 Å². The molecule has 2 aliphatic rings. The monoisotopic (exact) mass is 372 g/mol. The van der Waals surface area contributed by atoms with Crippen LogP contribution < -0.4 is 10.5 Å². The van der Waals surface area contributed by atoms with E-state index in [-0.39, 0.29) is 11.3 Å². The van der Waals surface area contributed by atoms with E-state index >= 15 is 0 Å². The quantitative estimate of drug-likeness (QED) is 0.876. The molecule has 2 heterocycles. The van der Waals surface area contributed by atoms with E-state index in [2.05, 4.69) is 9.97 Å². The molecule has 4 rings (SSSR count). The summed E-state index contributed by atoms with van der Waals surface area (Å²) in [6, 6.07) is 5.13. The summed E-state index contributed by atoms with van der Waals surface area (Å²) in [6.45, 7) is 1.34. The van der Waals surface area contributed by atoms with Crippen molar-refractivity contribution in [2.75, 3.05) is 25.9 Å². The molecule has 0 saturated carbocycles. The number of piperidine rings is 1. The highest BCUT2D eigenvalue weighted by atomic mass is 35.5. The van der Waals surface area contributed by atoms with Crippen molar-refractivity contribution < 1.29 is 9.53 Å². The maximum atomic E-state index is 13.2. The molecule has 1 aliphatic carbocycles. The van der Waals surface area contributed by atoms with E-state index in [1.165, 1.54) is 0 Å². The summed E-state index contributed by atoms with van der Waals surface area (Å²) >= 11 is 6.10. The van der Waals surface area contributed by atoms with Crippen molar-refractivity contribution in [3.8, 4) is 5.75 Å². The zero-order chi connectivity index (χ0) is 18.3. The minimum absolute atomic E-state index is 0.0566. The number of halogens is 1. The number of nitrogens with zero attached hydrogens (tertiary/aromatic N) is 3. The number of hydrogen-bond acceptors (Lipinski definition) is 5. The number of ether oxygens (including phenoxy) is 1. The van der Waals surface area contributed by atoms with Crippen molar-refractivity contribution in [3.05, 3.63) is 46.2 Å². The fourth-order valence-corrected chi connectivity index (χ4v) is 4.45. The average molecular weight is 373 g/mol. The smallest absolute Gasteiger partial charge is 0.257 e. The Balaban J connectivity index is 1.66. The van der Waals surface area contributed by atoms with Crippen molar-refractivity contribution >= 4 is 23.5 Å². The molecule has 1 spiro atoms. The third-order valence-corrected chi connectivity index (χ3v) is 5.75. The normalized spacial score (nSPS) is 21.7. The number of fused-ring (bicyclic) bond motifs is 2. The van der Waals surface area contributed by atoms with E-state index in [0.717, 1.165) is 36.9 Å². The van der Waals surface area contributed by atoms with Crippen molar-refractivity contribution in [2.45, 2.75) is 31.1 Å². The summed E-state index contributed by atoms with van der Waals surface area (Å²) in [4.78, 5) is 23.7. The lowest BCUT2D eigenvalue weighted by molar-refractivity contribution is 0.0630. The van der Waals surface area contributed by atoms with Gasteiger partial charge in [-0.3, -0.25) is 4.79 Å². The van der Waals surface area contributed by atoms with Crippen LogP contribution >= 0.6 is 11.6 Å². The van der Waals surface area contributed by atoms with Crippen LogP contribution in [-0.4, -0.2) is 41.0 Å². The van der Waals surface area contributed by atoms with Crippen LogP contribution in [-0.2, 0) is 11.8 Å². The number of nitrogen functional groups attached to an aromatic ring is 1. The predicted molar refractivity (Wildman–Crippen MR) is 99.6 cm³/mol. The molecule has 7 heteroatoms. The molecule has 1 atom stereocenters. The van der Waals surface area contributed by atoms with E-state index in [1.54, 1.807) is 25.3 Å². The van der Waals surface area contributed by atoms with Crippen molar-refractivity contribution in [2.24, 2.45) is 0 Å². The van der Waals surface area contributed by atoms with Crippen molar-refractivity contribution in [1.82, 2.24) is 14.9 Å². The van der Waals surface area contributed by atoms with Crippen LogP contribution in [0.1, 0.15) is 40.9 Å². The third kappa shape index (κ3) is 2.78. The Morgan fingerprint density at radius 1 is 1.38 bits per heavy atom. The van der Waals surface area contributed by atoms with Gasteiger partial charge in [0.05, 0.1) is 18.4 Å². The number of aryl methyl sites for hydroxylation is 1. The Hall–Kier alpha value is -2.34. The molecule has 1 amide bonds. The van der Waals surface area contributed by atoms with Crippen LogP contribution in [0.5, 0.6) is 5.75 Å². The molecule has 1 aromatic heterocycles. The van der Waals surface area contributed by atoms with Gasteiger partial charge in [-0.15, -0.1) is 0 Å². The van der Waals surface area contributed by atoms with E-state index in [9.17, 15) is 4.79 Å². The zero-order valence-corrected chi connectivity index (χ0v) is 15.4. The fraction of sp³-hybridized carbons (Fsp3) is 0.421. The van der Waals surface area contributed by atoms with Gasteiger partial charge in [0.1, 0.15) is 5.75 Å². The number of nitrogens with two attached hydrogens (primary N) is 1. The summed E-state index contributed by atoms with van der Waals surface area (Å²) in [5.41, 5.74) is 8.35. The van der Waals surface area contributed by atoms with Crippen molar-refractivity contribution in [1.29, 1.82) is 0 Å². The Bertz CT molecular complexity index is 869. The Morgan fingerprint density at radius 2 is 2.23 bits per heavy atom.